The number of halogens is 1. The van der Waals surface area contributed by atoms with Crippen LogP contribution in [0.3, 0.4) is 0 Å². The molecule has 2 aromatic rings. The number of benzene rings is 2. The number of ether oxygens (including phenoxy) is 2. The van der Waals surface area contributed by atoms with Gasteiger partial charge in [-0.15, -0.1) is 5.06 Å². The summed E-state index contributed by atoms with van der Waals surface area (Å²) in [5.41, 5.74) is 0.980. The molecule has 12 heteroatoms. The fourth-order valence-electron chi connectivity index (χ4n) is 4.34. The number of carbonyl (C=O) groups is 2. The van der Waals surface area contributed by atoms with Gasteiger partial charge in [-0.2, -0.15) is 8.42 Å². The fraction of sp³-hybridized carbons (Fsp3) is 0.462. The lowest BCUT2D eigenvalue weighted by atomic mass is 9.91. The highest BCUT2D eigenvalue weighted by Crippen LogP contribution is 2.36. The number of hydroxylamine groups is 2. The Hall–Kier alpha value is -2.90. The standard InChI is InChI=1S/C26H33FN2O8S/c1-17(2)14-22-25(30)29(36-16-34-3)26(31)23(28(22)15-18-6-12-21(35-4)13-7-18)24(37-38(5,32)33)19-8-10-20(27)11-9-19/h6-13,17,22-24H,14-16H2,1-5H3/t22-,23-,24+/m0/s1. The van der Waals surface area contributed by atoms with E-state index < -0.39 is 45.9 Å². The summed E-state index contributed by atoms with van der Waals surface area (Å²) in [6.07, 6.45) is -0.214. The lowest BCUT2D eigenvalue weighted by Crippen LogP contribution is -2.66. The van der Waals surface area contributed by atoms with Gasteiger partial charge in [-0.25, -0.2) is 9.23 Å². The monoisotopic (exact) mass is 552 g/mol. The van der Waals surface area contributed by atoms with Crippen LogP contribution in [0.1, 0.15) is 37.5 Å². The van der Waals surface area contributed by atoms with Crippen molar-refractivity contribution < 1.29 is 40.9 Å². The minimum Gasteiger partial charge on any atom is -0.497 e. The molecule has 0 radical (unpaired) electrons. The lowest BCUT2D eigenvalue weighted by Gasteiger charge is -2.46. The Kier molecular flexibility index (Phi) is 9.96. The van der Waals surface area contributed by atoms with E-state index in [4.69, 9.17) is 18.5 Å². The van der Waals surface area contributed by atoms with Crippen LogP contribution in [0.15, 0.2) is 48.5 Å². The number of piperazine rings is 1. The molecule has 2 amide bonds. The molecule has 0 bridgehead atoms. The van der Waals surface area contributed by atoms with Crippen LogP contribution in [0.4, 0.5) is 4.39 Å². The summed E-state index contributed by atoms with van der Waals surface area (Å²) in [5, 5.41) is 0.619. The molecule has 1 aliphatic rings. The van der Waals surface area contributed by atoms with Crippen molar-refractivity contribution in [1.82, 2.24) is 9.96 Å². The third-order valence-corrected chi connectivity index (χ3v) is 6.54. The Morgan fingerprint density at radius 2 is 1.61 bits per heavy atom. The van der Waals surface area contributed by atoms with Gasteiger partial charge in [0.05, 0.1) is 19.4 Å². The van der Waals surface area contributed by atoms with E-state index >= 15 is 0 Å². The van der Waals surface area contributed by atoms with Crippen molar-refractivity contribution in [3.63, 3.8) is 0 Å². The maximum absolute atomic E-state index is 13.9. The van der Waals surface area contributed by atoms with Crippen LogP contribution in [-0.2, 0) is 40.0 Å². The molecule has 0 spiro atoms. The average molecular weight is 553 g/mol. The van der Waals surface area contributed by atoms with Crippen molar-refractivity contribution >= 4 is 21.9 Å². The zero-order chi connectivity index (χ0) is 28.0. The molecule has 1 heterocycles. The number of nitrogens with zero attached hydrogens (tertiary/aromatic N) is 2. The number of imide groups is 1. The fourth-order valence-corrected chi connectivity index (χ4v) is 4.93. The maximum atomic E-state index is 13.9. The number of rotatable bonds is 12. The average Bonchev–Trinajstić information content (AvgIpc) is 2.86. The minimum absolute atomic E-state index is 0.0283. The zero-order valence-corrected chi connectivity index (χ0v) is 22.8. The first-order valence-electron chi connectivity index (χ1n) is 12.0. The predicted octanol–water partition coefficient (Wildman–Crippen LogP) is 3.04. The highest BCUT2D eigenvalue weighted by Gasteiger charge is 2.52. The summed E-state index contributed by atoms with van der Waals surface area (Å²) in [6, 6.07) is 9.84. The number of carbonyl (C=O) groups excluding carboxylic acids is 2. The molecule has 0 aromatic heterocycles. The predicted molar refractivity (Wildman–Crippen MR) is 135 cm³/mol. The highest BCUT2D eigenvalue weighted by atomic mass is 32.2. The molecule has 0 N–H and O–H groups in total. The minimum atomic E-state index is -4.11. The molecule has 1 fully saturated rings. The summed E-state index contributed by atoms with van der Waals surface area (Å²) in [4.78, 5) is 34.4. The summed E-state index contributed by atoms with van der Waals surface area (Å²) in [5.74, 6) is -1.34. The van der Waals surface area contributed by atoms with Crippen LogP contribution in [-0.4, -0.2) is 69.5 Å². The Morgan fingerprint density at radius 3 is 2.13 bits per heavy atom. The molecule has 3 atom stereocenters. The van der Waals surface area contributed by atoms with Gasteiger partial charge in [-0.3, -0.25) is 18.7 Å². The van der Waals surface area contributed by atoms with E-state index in [-0.39, 0.29) is 24.8 Å². The first-order chi connectivity index (χ1) is 17.9. The van der Waals surface area contributed by atoms with Gasteiger partial charge in [-0.1, -0.05) is 38.1 Å². The van der Waals surface area contributed by atoms with Crippen molar-refractivity contribution in [2.24, 2.45) is 5.92 Å². The maximum Gasteiger partial charge on any atom is 0.274 e. The van der Waals surface area contributed by atoms with Crippen LogP contribution in [0.2, 0.25) is 0 Å². The van der Waals surface area contributed by atoms with Gasteiger partial charge in [0.1, 0.15) is 23.7 Å². The molecule has 38 heavy (non-hydrogen) atoms. The van der Waals surface area contributed by atoms with Gasteiger partial charge in [0.15, 0.2) is 6.79 Å². The van der Waals surface area contributed by atoms with E-state index in [2.05, 4.69) is 0 Å². The summed E-state index contributed by atoms with van der Waals surface area (Å²) in [6.45, 7) is 3.57. The van der Waals surface area contributed by atoms with Crippen LogP contribution < -0.4 is 4.74 Å². The summed E-state index contributed by atoms with van der Waals surface area (Å²) >= 11 is 0. The molecule has 0 aliphatic carbocycles. The molecule has 3 rings (SSSR count). The molecule has 208 valence electrons. The van der Waals surface area contributed by atoms with E-state index in [1.165, 1.54) is 26.4 Å². The van der Waals surface area contributed by atoms with Crippen molar-refractivity contribution in [3.8, 4) is 5.75 Å². The van der Waals surface area contributed by atoms with Gasteiger partial charge in [0.2, 0.25) is 0 Å². The summed E-state index contributed by atoms with van der Waals surface area (Å²) < 4.78 is 54.1. The third kappa shape index (κ3) is 7.35. The smallest absolute Gasteiger partial charge is 0.274 e. The molecule has 0 saturated carbocycles. The Bertz CT molecular complexity index is 1200. The van der Waals surface area contributed by atoms with Crippen LogP contribution in [0, 0.1) is 11.7 Å². The summed E-state index contributed by atoms with van der Waals surface area (Å²) in [7, 11) is -1.23. The Labute approximate surface area is 222 Å². The molecule has 10 nitrogen and oxygen atoms in total. The number of hydrogen-bond acceptors (Lipinski definition) is 9. The second-order valence-electron chi connectivity index (χ2n) is 9.39. The first-order valence-corrected chi connectivity index (χ1v) is 13.8. The van der Waals surface area contributed by atoms with Gasteiger partial charge in [0.25, 0.3) is 21.9 Å². The molecule has 0 unspecified atom stereocenters. The van der Waals surface area contributed by atoms with Crippen molar-refractivity contribution in [1.29, 1.82) is 0 Å². The third-order valence-electron chi connectivity index (χ3n) is 5.98. The SMILES string of the molecule is COCON1C(=O)[C@H]([C@H](OS(C)(=O)=O)c2ccc(F)cc2)N(Cc2ccc(OC)cc2)[C@@H](CC(C)C)C1=O. The van der Waals surface area contributed by atoms with Crippen LogP contribution in [0.5, 0.6) is 5.75 Å². The molecule has 1 aliphatic heterocycles. The van der Waals surface area contributed by atoms with Crippen molar-refractivity contribution in [3.05, 3.63) is 65.5 Å². The van der Waals surface area contributed by atoms with Gasteiger partial charge < -0.3 is 9.47 Å². The first kappa shape index (κ1) is 29.7. The number of hydrogen-bond donors (Lipinski definition) is 0. The van der Waals surface area contributed by atoms with E-state index in [9.17, 15) is 22.4 Å². The van der Waals surface area contributed by atoms with Crippen molar-refractivity contribution in [2.75, 3.05) is 27.3 Å². The zero-order valence-electron chi connectivity index (χ0n) is 22.0. The molecule has 2 aromatic carbocycles. The highest BCUT2D eigenvalue weighted by molar-refractivity contribution is 7.86. The van der Waals surface area contributed by atoms with Crippen LogP contribution in [0.25, 0.3) is 0 Å². The van der Waals surface area contributed by atoms with Gasteiger partial charge in [-0.05, 0) is 47.7 Å². The van der Waals surface area contributed by atoms with E-state index in [1.54, 1.807) is 29.2 Å². The number of amides is 2. The van der Waals surface area contributed by atoms with Gasteiger partial charge in [0, 0.05) is 13.7 Å². The van der Waals surface area contributed by atoms with E-state index in [1.807, 2.05) is 13.8 Å². The topological polar surface area (TPSA) is 112 Å². The largest absolute Gasteiger partial charge is 0.497 e. The Morgan fingerprint density at radius 1 is 0.974 bits per heavy atom. The number of methoxy groups -OCH3 is 2. The second-order valence-corrected chi connectivity index (χ2v) is 11.0. The Balaban J connectivity index is 2.18. The quantitative estimate of drug-likeness (QED) is 0.223. The van der Waals surface area contributed by atoms with E-state index in [0.29, 0.717) is 17.2 Å². The molecular weight excluding hydrogens is 519 g/mol. The molecule has 1 saturated heterocycles. The lowest BCUT2D eigenvalue weighted by molar-refractivity contribution is -0.237. The van der Waals surface area contributed by atoms with Crippen molar-refractivity contribution in [2.45, 2.75) is 45.0 Å². The van der Waals surface area contributed by atoms with Gasteiger partial charge >= 0.3 is 0 Å². The second kappa shape index (κ2) is 12.8. The van der Waals surface area contributed by atoms with Crippen LogP contribution >= 0.6 is 0 Å². The molecular formula is C26H33FN2O8S. The normalized spacial score (nSPS) is 19.7. The van der Waals surface area contributed by atoms with E-state index in [0.717, 1.165) is 24.0 Å².